The van der Waals surface area contributed by atoms with Crippen molar-refractivity contribution >= 4 is 5.96 Å². The van der Waals surface area contributed by atoms with Crippen molar-refractivity contribution in [3.05, 3.63) is 18.7 Å². The predicted octanol–water partition coefficient (Wildman–Crippen LogP) is 1.50. The predicted molar refractivity (Wildman–Crippen MR) is 91.3 cm³/mol. The van der Waals surface area contributed by atoms with Gasteiger partial charge in [0, 0.05) is 45.0 Å². The minimum absolute atomic E-state index is 0.152. The van der Waals surface area contributed by atoms with E-state index in [1.165, 1.54) is 0 Å². The lowest BCUT2D eigenvalue weighted by Crippen LogP contribution is -2.50. The molecule has 0 radical (unpaired) electrons. The molecule has 2 fully saturated rings. The number of aliphatic hydroxyl groups excluding tert-OH is 1. The molecule has 0 amide bonds. The molecule has 3 rings (SSSR count). The monoisotopic (exact) mass is 319 g/mol. The SMILES string of the molecule is CN=C(NCC1CCCC1O)N1CCC(C)C(n2ccnc2)C1. The minimum atomic E-state index is -0.152. The molecule has 6 nitrogen and oxygen atoms in total. The van der Waals surface area contributed by atoms with Crippen molar-refractivity contribution in [3.63, 3.8) is 0 Å². The molecule has 1 aliphatic heterocycles. The summed E-state index contributed by atoms with van der Waals surface area (Å²) in [5.74, 6) is 1.95. The van der Waals surface area contributed by atoms with Crippen LogP contribution < -0.4 is 5.32 Å². The first-order valence-electron chi connectivity index (χ1n) is 8.80. The van der Waals surface area contributed by atoms with Gasteiger partial charge in [0.05, 0.1) is 18.5 Å². The largest absolute Gasteiger partial charge is 0.393 e. The van der Waals surface area contributed by atoms with E-state index in [1.807, 2.05) is 19.6 Å². The molecule has 2 aliphatic rings. The van der Waals surface area contributed by atoms with Crippen molar-refractivity contribution in [2.45, 2.75) is 44.8 Å². The molecule has 0 aromatic carbocycles. The fraction of sp³-hybridized carbons (Fsp3) is 0.765. The summed E-state index contributed by atoms with van der Waals surface area (Å²) in [6, 6.07) is 0.432. The Morgan fingerprint density at radius 1 is 1.39 bits per heavy atom. The first kappa shape index (κ1) is 16.3. The summed E-state index contributed by atoms with van der Waals surface area (Å²) in [6.45, 7) is 5.10. The Kier molecular flexibility index (Phi) is 5.20. The number of aliphatic imine (C=N–C) groups is 1. The van der Waals surface area contributed by atoms with E-state index in [0.717, 1.165) is 51.3 Å². The van der Waals surface area contributed by atoms with Gasteiger partial charge in [-0.2, -0.15) is 0 Å². The summed E-state index contributed by atoms with van der Waals surface area (Å²) >= 11 is 0. The third-order valence-corrected chi connectivity index (χ3v) is 5.48. The highest BCUT2D eigenvalue weighted by Crippen LogP contribution is 2.28. The van der Waals surface area contributed by atoms with Crippen molar-refractivity contribution in [2.24, 2.45) is 16.8 Å². The molecule has 1 aromatic rings. The van der Waals surface area contributed by atoms with Crippen molar-refractivity contribution in [1.29, 1.82) is 0 Å². The number of rotatable bonds is 3. The number of hydrogen-bond donors (Lipinski definition) is 2. The Balaban J connectivity index is 1.60. The van der Waals surface area contributed by atoms with Gasteiger partial charge in [0.25, 0.3) is 0 Å². The van der Waals surface area contributed by atoms with Crippen LogP contribution in [0, 0.1) is 11.8 Å². The zero-order valence-corrected chi connectivity index (χ0v) is 14.2. The van der Waals surface area contributed by atoms with E-state index in [4.69, 9.17) is 0 Å². The van der Waals surface area contributed by atoms with Gasteiger partial charge >= 0.3 is 0 Å². The highest BCUT2D eigenvalue weighted by atomic mass is 16.3. The van der Waals surface area contributed by atoms with Crippen LogP contribution >= 0.6 is 0 Å². The molecular formula is C17H29N5O. The first-order valence-corrected chi connectivity index (χ1v) is 8.80. The molecule has 23 heavy (non-hydrogen) atoms. The van der Waals surface area contributed by atoms with Gasteiger partial charge in [-0.05, 0) is 25.2 Å². The molecular weight excluding hydrogens is 290 g/mol. The van der Waals surface area contributed by atoms with Gasteiger partial charge in [-0.15, -0.1) is 0 Å². The summed E-state index contributed by atoms with van der Waals surface area (Å²) in [6.07, 6.45) is 9.99. The summed E-state index contributed by atoms with van der Waals surface area (Å²) < 4.78 is 2.21. The molecule has 1 saturated carbocycles. The smallest absolute Gasteiger partial charge is 0.193 e. The summed E-state index contributed by atoms with van der Waals surface area (Å²) in [4.78, 5) is 11.0. The minimum Gasteiger partial charge on any atom is -0.393 e. The lowest BCUT2D eigenvalue weighted by Gasteiger charge is -2.39. The molecule has 4 atom stereocenters. The van der Waals surface area contributed by atoms with Crippen LogP contribution in [0.15, 0.2) is 23.7 Å². The average molecular weight is 319 g/mol. The highest BCUT2D eigenvalue weighted by Gasteiger charge is 2.30. The number of nitrogens with one attached hydrogen (secondary N) is 1. The highest BCUT2D eigenvalue weighted by molar-refractivity contribution is 5.80. The molecule has 1 aliphatic carbocycles. The lowest BCUT2D eigenvalue weighted by molar-refractivity contribution is 0.132. The van der Waals surface area contributed by atoms with Crippen LogP contribution in [-0.2, 0) is 0 Å². The van der Waals surface area contributed by atoms with E-state index in [1.54, 1.807) is 0 Å². The molecule has 128 valence electrons. The second kappa shape index (κ2) is 7.34. The van der Waals surface area contributed by atoms with E-state index >= 15 is 0 Å². The Labute approximate surface area is 138 Å². The zero-order chi connectivity index (χ0) is 16.2. The zero-order valence-electron chi connectivity index (χ0n) is 14.2. The van der Waals surface area contributed by atoms with Gasteiger partial charge < -0.3 is 19.9 Å². The van der Waals surface area contributed by atoms with Gasteiger partial charge in [0.1, 0.15) is 0 Å². The number of nitrogens with zero attached hydrogens (tertiary/aromatic N) is 4. The Bertz CT molecular complexity index is 515. The van der Waals surface area contributed by atoms with Gasteiger partial charge in [0.15, 0.2) is 5.96 Å². The average Bonchev–Trinajstić information content (AvgIpc) is 3.21. The van der Waals surface area contributed by atoms with Gasteiger partial charge in [0.2, 0.25) is 0 Å². The Morgan fingerprint density at radius 2 is 2.26 bits per heavy atom. The van der Waals surface area contributed by atoms with Crippen LogP contribution in [0.2, 0.25) is 0 Å². The van der Waals surface area contributed by atoms with Crippen LogP contribution in [0.5, 0.6) is 0 Å². The van der Waals surface area contributed by atoms with Crippen LogP contribution in [0.1, 0.15) is 38.6 Å². The van der Waals surface area contributed by atoms with Crippen molar-refractivity contribution in [2.75, 3.05) is 26.7 Å². The van der Waals surface area contributed by atoms with E-state index in [2.05, 4.69) is 37.9 Å². The second-order valence-corrected chi connectivity index (χ2v) is 6.98. The van der Waals surface area contributed by atoms with Gasteiger partial charge in [-0.25, -0.2) is 4.98 Å². The number of hydrogen-bond acceptors (Lipinski definition) is 3. The lowest BCUT2D eigenvalue weighted by atomic mass is 9.93. The second-order valence-electron chi connectivity index (χ2n) is 6.98. The molecule has 2 N–H and O–H groups in total. The van der Waals surface area contributed by atoms with Crippen molar-refractivity contribution in [1.82, 2.24) is 19.8 Å². The molecule has 2 heterocycles. The van der Waals surface area contributed by atoms with E-state index in [9.17, 15) is 5.11 Å². The Hall–Kier alpha value is -1.56. The third kappa shape index (κ3) is 3.68. The van der Waals surface area contributed by atoms with Crippen LogP contribution in [0.4, 0.5) is 0 Å². The number of likely N-dealkylation sites (tertiary alicyclic amines) is 1. The number of aromatic nitrogens is 2. The maximum absolute atomic E-state index is 9.98. The first-order chi connectivity index (χ1) is 11.2. The molecule has 0 spiro atoms. The third-order valence-electron chi connectivity index (χ3n) is 5.48. The molecule has 1 saturated heterocycles. The van der Waals surface area contributed by atoms with Crippen LogP contribution in [0.3, 0.4) is 0 Å². The van der Waals surface area contributed by atoms with Crippen molar-refractivity contribution in [3.8, 4) is 0 Å². The van der Waals surface area contributed by atoms with E-state index in [-0.39, 0.29) is 6.10 Å². The molecule has 6 heteroatoms. The van der Waals surface area contributed by atoms with Gasteiger partial charge in [-0.3, -0.25) is 4.99 Å². The molecule has 0 bridgehead atoms. The Morgan fingerprint density at radius 3 is 2.91 bits per heavy atom. The topological polar surface area (TPSA) is 65.7 Å². The van der Waals surface area contributed by atoms with Crippen LogP contribution in [-0.4, -0.2) is 58.3 Å². The van der Waals surface area contributed by atoms with E-state index < -0.39 is 0 Å². The number of imidazole rings is 1. The summed E-state index contributed by atoms with van der Waals surface area (Å²) in [7, 11) is 1.84. The maximum Gasteiger partial charge on any atom is 0.193 e. The standard InChI is InChI=1S/C17H29N5O/c1-13-6-8-21(11-15(13)22-9-7-19-12-22)17(18-2)20-10-14-4-3-5-16(14)23/h7,9,12-16,23H,3-6,8,10-11H2,1-2H3,(H,18,20). The summed E-state index contributed by atoms with van der Waals surface area (Å²) in [5, 5.41) is 13.5. The fourth-order valence-corrected chi connectivity index (χ4v) is 3.91. The van der Waals surface area contributed by atoms with Crippen molar-refractivity contribution < 1.29 is 5.11 Å². The number of guanidine groups is 1. The molecule has 1 aromatic heterocycles. The maximum atomic E-state index is 9.98. The van der Waals surface area contributed by atoms with E-state index in [0.29, 0.717) is 17.9 Å². The normalized spacial score (nSPS) is 32.3. The molecule has 4 unspecified atom stereocenters. The number of aliphatic hydroxyl groups is 1. The number of piperidine rings is 1. The summed E-state index contributed by atoms with van der Waals surface area (Å²) in [5.41, 5.74) is 0. The van der Waals surface area contributed by atoms with Crippen LogP contribution in [0.25, 0.3) is 0 Å². The quantitative estimate of drug-likeness (QED) is 0.654. The fourth-order valence-electron chi connectivity index (χ4n) is 3.91. The van der Waals surface area contributed by atoms with Gasteiger partial charge in [-0.1, -0.05) is 13.3 Å².